The lowest BCUT2D eigenvalue weighted by Crippen LogP contribution is -2.46. The van der Waals surface area contributed by atoms with Gasteiger partial charge in [-0.05, 0) is 49.2 Å². The Bertz CT molecular complexity index is 941. The number of amides is 2. The van der Waals surface area contributed by atoms with E-state index in [1.807, 2.05) is 56.3 Å². The van der Waals surface area contributed by atoms with E-state index in [2.05, 4.69) is 26.6 Å². The average molecular weight is 461 g/mol. The van der Waals surface area contributed by atoms with Crippen molar-refractivity contribution >= 4 is 39.7 Å². The van der Waals surface area contributed by atoms with Gasteiger partial charge in [0.2, 0.25) is 0 Å². The smallest absolute Gasteiger partial charge is 0.338 e. The molecule has 2 N–H and O–H groups in total. The van der Waals surface area contributed by atoms with Crippen LogP contribution in [0.5, 0.6) is 0 Å². The molecule has 0 bridgehead atoms. The number of aryl methyl sites for hydroxylation is 2. The van der Waals surface area contributed by atoms with Crippen molar-refractivity contribution in [2.45, 2.75) is 24.8 Å². The van der Waals surface area contributed by atoms with Crippen molar-refractivity contribution in [3.63, 3.8) is 0 Å². The topological polar surface area (TPSA) is 67.4 Å². The summed E-state index contributed by atoms with van der Waals surface area (Å²) in [5.41, 5.74) is 4.00. The molecule has 0 saturated heterocycles. The minimum Gasteiger partial charge on any atom is -0.466 e. The van der Waals surface area contributed by atoms with Gasteiger partial charge in [-0.15, -0.1) is 11.8 Å². The molecule has 1 aliphatic rings. The molecule has 3 rings (SSSR count). The molecule has 7 heteroatoms. The van der Waals surface area contributed by atoms with Crippen LogP contribution in [-0.2, 0) is 9.53 Å². The van der Waals surface area contributed by atoms with Gasteiger partial charge < -0.3 is 15.4 Å². The number of halogens is 1. The van der Waals surface area contributed by atoms with Gasteiger partial charge in [0.1, 0.15) is 0 Å². The van der Waals surface area contributed by atoms with Crippen LogP contribution in [0.4, 0.5) is 4.79 Å². The van der Waals surface area contributed by atoms with Crippen LogP contribution in [0.2, 0.25) is 0 Å². The number of thioether (sulfide) groups is 1. The molecule has 0 aromatic heterocycles. The molecule has 2 amide bonds. The Hall–Kier alpha value is -2.25. The first kappa shape index (κ1) is 20.5. The van der Waals surface area contributed by atoms with Gasteiger partial charge in [0, 0.05) is 20.8 Å². The number of nitrogens with one attached hydrogen (secondary N) is 2. The van der Waals surface area contributed by atoms with E-state index in [9.17, 15) is 9.59 Å². The highest BCUT2D eigenvalue weighted by Crippen LogP contribution is 2.32. The number of hydrogen-bond acceptors (Lipinski definition) is 4. The molecule has 2 aromatic carbocycles. The van der Waals surface area contributed by atoms with Gasteiger partial charge in [0.25, 0.3) is 0 Å². The maximum absolute atomic E-state index is 12.6. The molecule has 0 fully saturated rings. The fourth-order valence-corrected chi connectivity index (χ4v) is 4.28. The fraction of sp³-hybridized carbons (Fsp3) is 0.238. The number of benzene rings is 2. The van der Waals surface area contributed by atoms with Gasteiger partial charge in [-0.1, -0.05) is 39.7 Å². The molecule has 0 aliphatic carbocycles. The number of rotatable bonds is 5. The zero-order valence-electron chi connectivity index (χ0n) is 15.8. The third-order valence-electron chi connectivity index (χ3n) is 4.49. The van der Waals surface area contributed by atoms with Crippen LogP contribution in [0.3, 0.4) is 0 Å². The Balaban J connectivity index is 1.98. The van der Waals surface area contributed by atoms with Gasteiger partial charge in [0.15, 0.2) is 0 Å². The molecule has 5 nitrogen and oxygen atoms in total. The van der Waals surface area contributed by atoms with Crippen LogP contribution in [0.25, 0.3) is 0 Å². The normalized spacial score (nSPS) is 16.4. The second-order valence-electron chi connectivity index (χ2n) is 6.52. The first-order chi connectivity index (χ1) is 13.4. The highest BCUT2D eigenvalue weighted by Gasteiger charge is 2.34. The molecule has 146 valence electrons. The predicted molar refractivity (Wildman–Crippen MR) is 114 cm³/mol. The summed E-state index contributed by atoms with van der Waals surface area (Å²) in [6.45, 7) is 3.98. The third kappa shape index (κ3) is 4.59. The first-order valence-corrected chi connectivity index (χ1v) is 10.5. The van der Waals surface area contributed by atoms with E-state index >= 15 is 0 Å². The standard InChI is InChI=1S/C21H21BrN2O3S/c1-12-4-9-16(13(2)10-12)19-18(20(25)27-3)17(23-21(26)24-19)11-28-15-7-5-14(22)6-8-15/h4-10,19H,11H2,1-3H3,(H2,23,24,26)/t19-/m0/s1. The highest BCUT2D eigenvalue weighted by molar-refractivity contribution is 9.10. The summed E-state index contributed by atoms with van der Waals surface area (Å²) in [5.74, 6) is -0.00941. The maximum atomic E-state index is 12.6. The summed E-state index contributed by atoms with van der Waals surface area (Å²) < 4.78 is 6.03. The molecule has 28 heavy (non-hydrogen) atoms. The van der Waals surface area contributed by atoms with E-state index in [1.165, 1.54) is 7.11 Å². The van der Waals surface area contributed by atoms with Crippen LogP contribution in [0, 0.1) is 13.8 Å². The molecule has 0 radical (unpaired) electrons. The Morgan fingerprint density at radius 1 is 1.18 bits per heavy atom. The van der Waals surface area contributed by atoms with Gasteiger partial charge >= 0.3 is 12.0 Å². The van der Waals surface area contributed by atoms with E-state index in [-0.39, 0.29) is 6.03 Å². The van der Waals surface area contributed by atoms with Crippen LogP contribution >= 0.6 is 27.7 Å². The lowest BCUT2D eigenvalue weighted by Gasteiger charge is -2.30. The number of hydrogen-bond donors (Lipinski definition) is 2. The Morgan fingerprint density at radius 3 is 2.54 bits per heavy atom. The maximum Gasteiger partial charge on any atom is 0.338 e. The minimum atomic E-state index is -0.553. The fourth-order valence-electron chi connectivity index (χ4n) is 3.15. The van der Waals surface area contributed by atoms with E-state index in [0.717, 1.165) is 26.1 Å². The van der Waals surface area contributed by atoms with Crippen molar-refractivity contribution in [3.05, 3.63) is 74.9 Å². The summed E-state index contributed by atoms with van der Waals surface area (Å²) in [4.78, 5) is 26.0. The Labute approximate surface area is 177 Å². The van der Waals surface area contributed by atoms with Gasteiger partial charge in [-0.2, -0.15) is 0 Å². The molecular weight excluding hydrogens is 440 g/mol. The monoisotopic (exact) mass is 460 g/mol. The van der Waals surface area contributed by atoms with Crippen molar-refractivity contribution < 1.29 is 14.3 Å². The zero-order valence-corrected chi connectivity index (χ0v) is 18.2. The minimum absolute atomic E-state index is 0.330. The van der Waals surface area contributed by atoms with Gasteiger partial charge in [-0.25, -0.2) is 9.59 Å². The first-order valence-electron chi connectivity index (χ1n) is 8.73. The highest BCUT2D eigenvalue weighted by atomic mass is 79.9. The van der Waals surface area contributed by atoms with E-state index in [0.29, 0.717) is 17.0 Å². The summed E-state index contributed by atoms with van der Waals surface area (Å²) in [7, 11) is 1.35. The summed E-state index contributed by atoms with van der Waals surface area (Å²) in [6.07, 6.45) is 0. The van der Waals surface area contributed by atoms with Gasteiger partial charge in [0.05, 0.1) is 18.7 Å². The van der Waals surface area contributed by atoms with Crippen LogP contribution in [-0.4, -0.2) is 24.9 Å². The number of methoxy groups -OCH3 is 1. The average Bonchev–Trinajstić information content (AvgIpc) is 2.66. The summed E-state index contributed by atoms with van der Waals surface area (Å²) >= 11 is 4.96. The van der Waals surface area contributed by atoms with E-state index in [1.54, 1.807) is 11.8 Å². The molecule has 0 spiro atoms. The molecule has 0 unspecified atom stereocenters. The quantitative estimate of drug-likeness (QED) is 0.503. The third-order valence-corrected chi connectivity index (χ3v) is 6.06. The summed E-state index contributed by atoms with van der Waals surface area (Å²) in [6, 6.07) is 13.0. The van der Waals surface area contributed by atoms with E-state index < -0.39 is 12.0 Å². The molecule has 1 heterocycles. The van der Waals surface area contributed by atoms with Crippen molar-refractivity contribution in [1.29, 1.82) is 0 Å². The van der Waals surface area contributed by atoms with Crippen LogP contribution < -0.4 is 10.6 Å². The van der Waals surface area contributed by atoms with Gasteiger partial charge in [-0.3, -0.25) is 0 Å². The lowest BCUT2D eigenvalue weighted by atomic mass is 9.91. The van der Waals surface area contributed by atoms with E-state index in [4.69, 9.17) is 4.74 Å². The van der Waals surface area contributed by atoms with Crippen LogP contribution in [0.15, 0.2) is 63.1 Å². The zero-order chi connectivity index (χ0) is 20.3. The number of ether oxygens (including phenoxy) is 1. The Kier molecular flexibility index (Phi) is 6.46. The molecule has 1 atom stereocenters. The SMILES string of the molecule is COC(=O)C1=C(CSc2ccc(Br)cc2)NC(=O)N[C@H]1c1ccc(C)cc1C. The van der Waals surface area contributed by atoms with Crippen molar-refractivity contribution in [2.24, 2.45) is 0 Å². The van der Waals surface area contributed by atoms with Crippen molar-refractivity contribution in [2.75, 3.05) is 12.9 Å². The summed E-state index contributed by atoms with van der Waals surface area (Å²) in [5, 5.41) is 5.66. The largest absolute Gasteiger partial charge is 0.466 e. The molecular formula is C21H21BrN2O3S. The predicted octanol–water partition coefficient (Wildman–Crippen LogP) is 4.64. The van der Waals surface area contributed by atoms with Crippen molar-refractivity contribution in [1.82, 2.24) is 10.6 Å². The molecule has 1 aliphatic heterocycles. The number of urea groups is 1. The second kappa shape index (κ2) is 8.84. The molecule has 0 saturated carbocycles. The second-order valence-corrected chi connectivity index (χ2v) is 8.48. The van der Waals surface area contributed by atoms with Crippen molar-refractivity contribution in [3.8, 4) is 0 Å². The van der Waals surface area contributed by atoms with Crippen LogP contribution in [0.1, 0.15) is 22.7 Å². The lowest BCUT2D eigenvalue weighted by molar-refractivity contribution is -0.136. The molecule has 2 aromatic rings. The number of carbonyl (C=O) groups excluding carboxylic acids is 2. The number of carbonyl (C=O) groups is 2. The number of esters is 1. The Morgan fingerprint density at radius 2 is 1.89 bits per heavy atom.